The molecule has 1 amide bonds. The molecule has 0 radical (unpaired) electrons. The van der Waals surface area contributed by atoms with Crippen molar-refractivity contribution in [3.05, 3.63) is 30.1 Å². The van der Waals surface area contributed by atoms with E-state index in [9.17, 15) is 9.18 Å². The zero-order valence-electron chi connectivity index (χ0n) is 10.5. The van der Waals surface area contributed by atoms with E-state index in [0.717, 1.165) is 0 Å². The number of amides is 1. The van der Waals surface area contributed by atoms with Gasteiger partial charge in [0.2, 0.25) is 5.91 Å². The Morgan fingerprint density at radius 3 is 2.65 bits per heavy atom. The summed E-state index contributed by atoms with van der Waals surface area (Å²) in [6, 6.07) is 5.38. The minimum atomic E-state index is -0.539. The first-order chi connectivity index (χ1) is 7.91. The van der Waals surface area contributed by atoms with E-state index in [1.54, 1.807) is 19.2 Å². The van der Waals surface area contributed by atoms with Gasteiger partial charge < -0.3 is 10.6 Å². The Morgan fingerprint density at radius 1 is 1.47 bits per heavy atom. The van der Waals surface area contributed by atoms with Gasteiger partial charge in [-0.15, -0.1) is 0 Å². The van der Waals surface area contributed by atoms with Crippen LogP contribution in [0.4, 0.5) is 10.1 Å². The van der Waals surface area contributed by atoms with Crippen LogP contribution in [0.5, 0.6) is 0 Å². The molecule has 0 heterocycles. The Bertz CT molecular complexity index is 393. The number of carbonyl (C=O) groups is 1. The van der Waals surface area contributed by atoms with Crippen LogP contribution >= 0.6 is 0 Å². The Labute approximate surface area is 101 Å². The summed E-state index contributed by atoms with van der Waals surface area (Å²) in [6.07, 6.45) is 0.624. The number of benzene rings is 1. The van der Waals surface area contributed by atoms with Crippen molar-refractivity contribution in [2.75, 3.05) is 11.9 Å². The van der Waals surface area contributed by atoms with Gasteiger partial charge in [0, 0.05) is 12.7 Å². The van der Waals surface area contributed by atoms with Crippen molar-refractivity contribution in [2.24, 2.45) is 11.7 Å². The van der Waals surface area contributed by atoms with Crippen molar-refractivity contribution in [1.29, 1.82) is 0 Å². The lowest BCUT2D eigenvalue weighted by Gasteiger charge is -2.22. The molecule has 0 aliphatic carbocycles. The lowest BCUT2D eigenvalue weighted by atomic mass is 10.0. The summed E-state index contributed by atoms with van der Waals surface area (Å²) < 4.78 is 13.0. The van der Waals surface area contributed by atoms with E-state index in [1.165, 1.54) is 17.0 Å². The zero-order valence-corrected chi connectivity index (χ0v) is 10.5. The van der Waals surface area contributed by atoms with E-state index in [1.807, 2.05) is 13.8 Å². The molecule has 0 aliphatic rings. The molecule has 2 N–H and O–H groups in total. The molecule has 0 fully saturated rings. The van der Waals surface area contributed by atoms with Gasteiger partial charge in [-0.25, -0.2) is 4.39 Å². The monoisotopic (exact) mass is 238 g/mol. The predicted octanol–water partition coefficient (Wildman–Crippen LogP) is 2.16. The number of carbonyl (C=O) groups excluding carboxylic acids is 1. The van der Waals surface area contributed by atoms with E-state index in [0.29, 0.717) is 18.0 Å². The van der Waals surface area contributed by atoms with Crippen LogP contribution < -0.4 is 10.6 Å². The number of likely N-dealkylation sites (N-methyl/N-ethyl adjacent to an activating group) is 1. The molecule has 1 rings (SSSR count). The first-order valence-electron chi connectivity index (χ1n) is 5.70. The molecule has 0 spiro atoms. The van der Waals surface area contributed by atoms with Crippen LogP contribution in [-0.4, -0.2) is 19.0 Å². The highest BCUT2D eigenvalue weighted by atomic mass is 19.1. The van der Waals surface area contributed by atoms with Gasteiger partial charge in [-0.2, -0.15) is 0 Å². The molecule has 3 nitrogen and oxygen atoms in total. The molecular weight excluding hydrogens is 219 g/mol. The largest absolute Gasteiger partial charge is 0.320 e. The zero-order chi connectivity index (χ0) is 13.0. The van der Waals surface area contributed by atoms with Crippen LogP contribution in [0.1, 0.15) is 20.3 Å². The number of anilines is 1. The highest BCUT2D eigenvalue weighted by molar-refractivity contribution is 5.96. The summed E-state index contributed by atoms with van der Waals surface area (Å²) in [4.78, 5) is 13.4. The van der Waals surface area contributed by atoms with Crippen LogP contribution in [0.3, 0.4) is 0 Å². The van der Waals surface area contributed by atoms with Crippen molar-refractivity contribution in [2.45, 2.75) is 26.3 Å². The number of rotatable bonds is 4. The second-order valence-electron chi connectivity index (χ2n) is 4.61. The third-order valence-corrected chi connectivity index (χ3v) is 2.57. The van der Waals surface area contributed by atoms with Crippen LogP contribution in [0.25, 0.3) is 0 Å². The minimum absolute atomic E-state index is 0.190. The number of nitrogens with two attached hydrogens (primary N) is 1. The topological polar surface area (TPSA) is 46.3 Å². The SMILES string of the molecule is CC(C)C[C@@H](N)C(=O)N(C)c1cccc(F)c1. The van der Waals surface area contributed by atoms with Gasteiger partial charge in [-0.05, 0) is 30.5 Å². The fourth-order valence-corrected chi connectivity index (χ4v) is 1.67. The van der Waals surface area contributed by atoms with Crippen LogP contribution in [0.2, 0.25) is 0 Å². The van der Waals surface area contributed by atoms with E-state index >= 15 is 0 Å². The average Bonchev–Trinajstić information content (AvgIpc) is 2.26. The Kier molecular flexibility index (Phi) is 4.63. The molecule has 17 heavy (non-hydrogen) atoms. The van der Waals surface area contributed by atoms with Gasteiger partial charge in [0.15, 0.2) is 0 Å². The number of hydrogen-bond donors (Lipinski definition) is 1. The van der Waals surface area contributed by atoms with E-state index < -0.39 is 6.04 Å². The molecule has 94 valence electrons. The molecule has 0 aromatic heterocycles. The first kappa shape index (κ1) is 13.6. The summed E-state index contributed by atoms with van der Waals surface area (Å²) in [5, 5.41) is 0. The molecule has 0 saturated carbocycles. The fraction of sp³-hybridized carbons (Fsp3) is 0.462. The van der Waals surface area contributed by atoms with Crippen molar-refractivity contribution >= 4 is 11.6 Å². The number of halogens is 1. The maximum absolute atomic E-state index is 13.0. The highest BCUT2D eigenvalue weighted by Gasteiger charge is 2.20. The molecule has 0 bridgehead atoms. The molecule has 1 atom stereocenters. The molecule has 0 saturated heterocycles. The summed E-state index contributed by atoms with van der Waals surface area (Å²) in [6.45, 7) is 4.02. The maximum Gasteiger partial charge on any atom is 0.243 e. The van der Waals surface area contributed by atoms with Crippen LogP contribution in [0.15, 0.2) is 24.3 Å². The van der Waals surface area contributed by atoms with Gasteiger partial charge in [0.25, 0.3) is 0 Å². The van der Waals surface area contributed by atoms with Crippen molar-refractivity contribution < 1.29 is 9.18 Å². The van der Waals surface area contributed by atoms with Gasteiger partial charge in [0.05, 0.1) is 6.04 Å². The van der Waals surface area contributed by atoms with E-state index in [4.69, 9.17) is 5.73 Å². The lowest BCUT2D eigenvalue weighted by Crippen LogP contribution is -2.42. The maximum atomic E-state index is 13.0. The fourth-order valence-electron chi connectivity index (χ4n) is 1.67. The van der Waals surface area contributed by atoms with Gasteiger partial charge in [-0.3, -0.25) is 4.79 Å². The van der Waals surface area contributed by atoms with Gasteiger partial charge in [-0.1, -0.05) is 19.9 Å². The number of nitrogens with zero attached hydrogens (tertiary/aromatic N) is 1. The summed E-state index contributed by atoms with van der Waals surface area (Å²) >= 11 is 0. The van der Waals surface area contributed by atoms with Crippen LogP contribution in [-0.2, 0) is 4.79 Å². The van der Waals surface area contributed by atoms with Crippen LogP contribution in [0, 0.1) is 11.7 Å². The smallest absolute Gasteiger partial charge is 0.243 e. The van der Waals surface area contributed by atoms with Gasteiger partial charge >= 0.3 is 0 Å². The molecular formula is C13H19FN2O. The Morgan fingerprint density at radius 2 is 2.12 bits per heavy atom. The summed E-state index contributed by atoms with van der Waals surface area (Å²) in [5.41, 5.74) is 6.33. The van der Waals surface area contributed by atoms with E-state index in [-0.39, 0.29) is 11.7 Å². The predicted molar refractivity (Wildman–Crippen MR) is 67.2 cm³/mol. The van der Waals surface area contributed by atoms with Gasteiger partial charge in [0.1, 0.15) is 5.82 Å². The molecule has 4 heteroatoms. The van der Waals surface area contributed by atoms with Crippen molar-refractivity contribution in [1.82, 2.24) is 0 Å². The third-order valence-electron chi connectivity index (χ3n) is 2.57. The Balaban J connectivity index is 2.76. The molecule has 1 aromatic carbocycles. The minimum Gasteiger partial charge on any atom is -0.320 e. The second-order valence-corrected chi connectivity index (χ2v) is 4.61. The standard InChI is InChI=1S/C13H19FN2O/c1-9(2)7-12(15)13(17)16(3)11-6-4-5-10(14)8-11/h4-6,8-9,12H,7,15H2,1-3H3/t12-/m1/s1. The Hall–Kier alpha value is -1.42. The average molecular weight is 238 g/mol. The van der Waals surface area contributed by atoms with Crippen molar-refractivity contribution in [3.63, 3.8) is 0 Å². The first-order valence-corrected chi connectivity index (χ1v) is 5.70. The number of hydrogen-bond acceptors (Lipinski definition) is 2. The highest BCUT2D eigenvalue weighted by Crippen LogP contribution is 2.16. The molecule has 0 aliphatic heterocycles. The molecule has 0 unspecified atom stereocenters. The lowest BCUT2D eigenvalue weighted by molar-refractivity contribution is -0.119. The van der Waals surface area contributed by atoms with E-state index in [2.05, 4.69) is 0 Å². The van der Waals surface area contributed by atoms with Crippen molar-refractivity contribution in [3.8, 4) is 0 Å². The third kappa shape index (κ3) is 3.82. The second kappa shape index (κ2) is 5.77. The quantitative estimate of drug-likeness (QED) is 0.873. The molecule has 1 aromatic rings. The summed E-state index contributed by atoms with van der Waals surface area (Å²) in [5.74, 6) is -0.196. The summed E-state index contributed by atoms with van der Waals surface area (Å²) in [7, 11) is 1.61. The normalized spacial score (nSPS) is 12.6.